The summed E-state index contributed by atoms with van der Waals surface area (Å²) >= 11 is 0. The Hall–Kier alpha value is -2.46. The molecule has 0 heterocycles. The predicted octanol–water partition coefficient (Wildman–Crippen LogP) is 1.04. The van der Waals surface area contributed by atoms with E-state index in [2.05, 4.69) is 16.0 Å². The number of benzene rings is 1. The average molecular weight is 282 g/mol. The van der Waals surface area contributed by atoms with Gasteiger partial charge in [-0.1, -0.05) is 0 Å². The van der Waals surface area contributed by atoms with Gasteiger partial charge in [0.05, 0.1) is 24.4 Å². The standard InChI is InChI=1S/C13H12F2N2O3/c1-3-4-10(16)12(18)17-11-5-7(13(19)20-2)8(14)6-9(11)15/h1,5-6,10H,4,16H2,2H3,(H,17,18). The Kier molecular flexibility index (Phi) is 5.17. The number of amides is 1. The van der Waals surface area contributed by atoms with Crippen molar-refractivity contribution in [1.82, 2.24) is 0 Å². The SMILES string of the molecule is C#CCC(N)C(=O)Nc1cc(C(=O)OC)c(F)cc1F. The van der Waals surface area contributed by atoms with Crippen LogP contribution in [0.3, 0.4) is 0 Å². The number of ether oxygens (including phenoxy) is 1. The van der Waals surface area contributed by atoms with Crippen molar-refractivity contribution >= 4 is 17.6 Å². The highest BCUT2D eigenvalue weighted by Crippen LogP contribution is 2.20. The maximum absolute atomic E-state index is 13.5. The minimum absolute atomic E-state index is 0.0431. The summed E-state index contributed by atoms with van der Waals surface area (Å²) in [6.45, 7) is 0. The molecule has 7 heteroatoms. The molecule has 0 aliphatic carbocycles. The number of esters is 1. The molecule has 0 aromatic heterocycles. The highest BCUT2D eigenvalue weighted by molar-refractivity contribution is 5.97. The Balaban J connectivity index is 3.04. The van der Waals surface area contributed by atoms with Crippen LogP contribution in [0, 0.1) is 24.0 Å². The Morgan fingerprint density at radius 3 is 2.65 bits per heavy atom. The molecule has 20 heavy (non-hydrogen) atoms. The number of carbonyl (C=O) groups is 2. The first kappa shape index (κ1) is 15.6. The summed E-state index contributed by atoms with van der Waals surface area (Å²) in [7, 11) is 1.05. The summed E-state index contributed by atoms with van der Waals surface area (Å²) < 4.78 is 31.2. The van der Waals surface area contributed by atoms with Gasteiger partial charge in [-0.05, 0) is 6.07 Å². The normalized spacial score (nSPS) is 11.3. The quantitative estimate of drug-likeness (QED) is 0.638. The van der Waals surface area contributed by atoms with E-state index >= 15 is 0 Å². The van der Waals surface area contributed by atoms with Crippen LogP contribution >= 0.6 is 0 Å². The molecule has 0 radical (unpaired) electrons. The van der Waals surface area contributed by atoms with Crippen LogP contribution in [0.1, 0.15) is 16.8 Å². The second-order valence-corrected chi connectivity index (χ2v) is 3.81. The number of methoxy groups -OCH3 is 1. The van der Waals surface area contributed by atoms with E-state index in [0.717, 1.165) is 13.2 Å². The number of hydrogen-bond acceptors (Lipinski definition) is 4. The molecule has 0 saturated carbocycles. The van der Waals surface area contributed by atoms with Crippen molar-refractivity contribution in [1.29, 1.82) is 0 Å². The van der Waals surface area contributed by atoms with Gasteiger partial charge in [-0.3, -0.25) is 4.79 Å². The third-order valence-corrected chi connectivity index (χ3v) is 2.39. The number of halogens is 2. The fourth-order valence-corrected chi connectivity index (χ4v) is 1.36. The number of carbonyl (C=O) groups excluding carboxylic acids is 2. The van der Waals surface area contributed by atoms with Gasteiger partial charge in [0.2, 0.25) is 5.91 Å². The number of anilines is 1. The van der Waals surface area contributed by atoms with Gasteiger partial charge < -0.3 is 15.8 Å². The van der Waals surface area contributed by atoms with Crippen molar-refractivity contribution in [3.63, 3.8) is 0 Å². The van der Waals surface area contributed by atoms with E-state index in [9.17, 15) is 18.4 Å². The molecule has 1 aromatic carbocycles. The van der Waals surface area contributed by atoms with Crippen LogP contribution in [0.5, 0.6) is 0 Å². The van der Waals surface area contributed by atoms with Crippen LogP contribution in [-0.4, -0.2) is 25.0 Å². The Morgan fingerprint density at radius 1 is 1.45 bits per heavy atom. The van der Waals surface area contributed by atoms with E-state index in [1.807, 2.05) is 0 Å². The molecular weight excluding hydrogens is 270 g/mol. The molecule has 0 spiro atoms. The lowest BCUT2D eigenvalue weighted by atomic mass is 10.1. The number of hydrogen-bond donors (Lipinski definition) is 2. The molecule has 1 unspecified atom stereocenters. The van der Waals surface area contributed by atoms with Gasteiger partial charge in [0, 0.05) is 12.5 Å². The monoisotopic (exact) mass is 282 g/mol. The summed E-state index contributed by atoms with van der Waals surface area (Å²) in [4.78, 5) is 22.9. The molecule has 1 aromatic rings. The summed E-state index contributed by atoms with van der Waals surface area (Å²) in [6, 6.07) is 0.261. The molecular formula is C13H12F2N2O3. The third kappa shape index (κ3) is 3.52. The molecule has 0 aliphatic heterocycles. The van der Waals surface area contributed by atoms with E-state index in [1.54, 1.807) is 0 Å². The Labute approximate surface area is 114 Å². The molecule has 0 saturated heterocycles. The smallest absolute Gasteiger partial charge is 0.340 e. The first-order valence-electron chi connectivity index (χ1n) is 5.48. The highest BCUT2D eigenvalue weighted by Gasteiger charge is 2.19. The number of rotatable bonds is 4. The molecule has 1 rings (SSSR count). The van der Waals surface area contributed by atoms with E-state index < -0.39 is 35.1 Å². The fourth-order valence-electron chi connectivity index (χ4n) is 1.36. The molecule has 3 N–H and O–H groups in total. The van der Waals surface area contributed by atoms with Gasteiger partial charge in [-0.25, -0.2) is 13.6 Å². The van der Waals surface area contributed by atoms with Gasteiger partial charge >= 0.3 is 5.97 Å². The first-order valence-corrected chi connectivity index (χ1v) is 5.48. The van der Waals surface area contributed by atoms with Gasteiger partial charge in [0.1, 0.15) is 11.6 Å². The molecule has 0 bridgehead atoms. The van der Waals surface area contributed by atoms with Crippen molar-refractivity contribution < 1.29 is 23.1 Å². The largest absolute Gasteiger partial charge is 0.465 e. The van der Waals surface area contributed by atoms with Crippen LogP contribution in [0.2, 0.25) is 0 Å². The van der Waals surface area contributed by atoms with Crippen LogP contribution < -0.4 is 11.1 Å². The average Bonchev–Trinajstić information content (AvgIpc) is 2.41. The lowest BCUT2D eigenvalue weighted by Crippen LogP contribution is -2.35. The van der Waals surface area contributed by atoms with Crippen molar-refractivity contribution in [3.05, 3.63) is 29.3 Å². The minimum Gasteiger partial charge on any atom is -0.465 e. The predicted molar refractivity (Wildman–Crippen MR) is 67.8 cm³/mol. The van der Waals surface area contributed by atoms with Gasteiger partial charge in [-0.15, -0.1) is 12.3 Å². The molecule has 0 aliphatic rings. The summed E-state index contributed by atoms with van der Waals surface area (Å²) in [5.41, 5.74) is 4.55. The van der Waals surface area contributed by atoms with Gasteiger partial charge in [0.25, 0.3) is 0 Å². The van der Waals surface area contributed by atoms with Crippen molar-refractivity contribution in [2.45, 2.75) is 12.5 Å². The van der Waals surface area contributed by atoms with E-state index in [4.69, 9.17) is 12.2 Å². The highest BCUT2D eigenvalue weighted by atomic mass is 19.1. The second-order valence-electron chi connectivity index (χ2n) is 3.81. The van der Waals surface area contributed by atoms with E-state index in [1.165, 1.54) is 0 Å². The number of nitrogens with two attached hydrogens (primary N) is 1. The van der Waals surface area contributed by atoms with Crippen LogP contribution in [0.25, 0.3) is 0 Å². The third-order valence-electron chi connectivity index (χ3n) is 2.39. The van der Waals surface area contributed by atoms with E-state index in [0.29, 0.717) is 6.07 Å². The zero-order valence-corrected chi connectivity index (χ0v) is 10.6. The zero-order chi connectivity index (χ0) is 15.3. The van der Waals surface area contributed by atoms with Gasteiger partial charge in [-0.2, -0.15) is 0 Å². The van der Waals surface area contributed by atoms with Crippen LogP contribution in [0.15, 0.2) is 12.1 Å². The summed E-state index contributed by atoms with van der Waals surface area (Å²) in [5.74, 6) is -1.70. The van der Waals surface area contributed by atoms with Crippen LogP contribution in [-0.2, 0) is 9.53 Å². The Bertz CT molecular complexity index is 582. The molecule has 106 valence electrons. The summed E-state index contributed by atoms with van der Waals surface area (Å²) in [6.07, 6.45) is 4.95. The first-order chi connectivity index (χ1) is 9.40. The molecule has 1 amide bonds. The molecule has 0 fully saturated rings. The van der Waals surface area contributed by atoms with Crippen molar-refractivity contribution in [2.75, 3.05) is 12.4 Å². The Morgan fingerprint density at radius 2 is 2.10 bits per heavy atom. The lowest BCUT2D eigenvalue weighted by Gasteiger charge is -2.11. The van der Waals surface area contributed by atoms with Crippen molar-refractivity contribution in [3.8, 4) is 12.3 Å². The van der Waals surface area contributed by atoms with Crippen LogP contribution in [0.4, 0.5) is 14.5 Å². The van der Waals surface area contributed by atoms with Crippen molar-refractivity contribution in [2.24, 2.45) is 5.73 Å². The molecule has 1 atom stereocenters. The minimum atomic E-state index is -1.10. The number of terminal acetylenes is 1. The van der Waals surface area contributed by atoms with E-state index in [-0.39, 0.29) is 12.1 Å². The maximum Gasteiger partial charge on any atom is 0.340 e. The fraction of sp³-hybridized carbons (Fsp3) is 0.231. The summed E-state index contributed by atoms with van der Waals surface area (Å²) in [5, 5.41) is 2.13. The zero-order valence-electron chi connectivity index (χ0n) is 10.6. The second kappa shape index (κ2) is 6.63. The lowest BCUT2D eigenvalue weighted by molar-refractivity contribution is -0.117. The number of nitrogens with one attached hydrogen (secondary N) is 1. The topological polar surface area (TPSA) is 81.4 Å². The molecule has 5 nitrogen and oxygen atoms in total. The maximum atomic E-state index is 13.5. The van der Waals surface area contributed by atoms with Gasteiger partial charge in [0.15, 0.2) is 0 Å².